The first-order chi connectivity index (χ1) is 8.38. The van der Waals surface area contributed by atoms with Crippen molar-refractivity contribution in [1.29, 1.82) is 0 Å². The van der Waals surface area contributed by atoms with Crippen LogP contribution in [-0.2, 0) is 6.54 Å². The van der Waals surface area contributed by atoms with Crippen LogP contribution in [0.5, 0.6) is 0 Å². The van der Waals surface area contributed by atoms with Crippen LogP contribution in [-0.4, -0.2) is 29.0 Å². The number of pyridine rings is 1. The van der Waals surface area contributed by atoms with Gasteiger partial charge in [-0.25, -0.2) is 0 Å². The van der Waals surface area contributed by atoms with Crippen LogP contribution in [0, 0.1) is 5.41 Å². The summed E-state index contributed by atoms with van der Waals surface area (Å²) in [6.07, 6.45) is 2.90. The van der Waals surface area contributed by atoms with E-state index in [1.807, 2.05) is 12.3 Å². The molecule has 1 aromatic rings. The quantitative estimate of drug-likeness (QED) is 0.861. The smallest absolute Gasteiger partial charge is 0.0686 e. The highest BCUT2D eigenvalue weighted by Gasteiger charge is 2.33. The monoisotopic (exact) mass is 375 g/mol. The Hall–Kier alpha value is 0.0300. The predicted molar refractivity (Wildman–Crippen MR) is 81.3 cm³/mol. The first kappa shape index (κ1) is 14.4. The van der Waals surface area contributed by atoms with E-state index in [2.05, 4.69) is 55.6 Å². The zero-order chi connectivity index (χ0) is 13.3. The van der Waals surface area contributed by atoms with Crippen molar-refractivity contribution in [3.05, 3.63) is 26.9 Å². The molecule has 2 N–H and O–H groups in total. The molecule has 1 atom stereocenters. The fourth-order valence-electron chi connectivity index (χ4n) is 2.39. The van der Waals surface area contributed by atoms with E-state index in [4.69, 9.17) is 5.73 Å². The Kier molecular flexibility index (Phi) is 4.47. The molecule has 3 nitrogen and oxygen atoms in total. The summed E-state index contributed by atoms with van der Waals surface area (Å²) in [6.45, 7) is 7.44. The van der Waals surface area contributed by atoms with Crippen molar-refractivity contribution in [2.45, 2.75) is 32.9 Å². The SMILES string of the molecule is CC1(C)CN(Cc2ncc(Br)cc2Br)CCC1N. The standard InChI is InChI=1S/C13H19Br2N3/c1-13(2)8-18(4-3-12(13)16)7-11-10(15)5-9(14)6-17-11/h5-6,12H,3-4,7-8,16H2,1-2H3. The zero-order valence-electron chi connectivity index (χ0n) is 10.8. The summed E-state index contributed by atoms with van der Waals surface area (Å²) in [5.41, 5.74) is 7.43. The third-order valence-electron chi connectivity index (χ3n) is 3.65. The molecule has 0 amide bonds. The second-order valence-electron chi connectivity index (χ2n) is 5.68. The van der Waals surface area contributed by atoms with E-state index in [-0.39, 0.29) is 5.41 Å². The number of rotatable bonds is 2. The van der Waals surface area contributed by atoms with Crippen molar-refractivity contribution in [2.24, 2.45) is 11.1 Å². The van der Waals surface area contributed by atoms with Crippen LogP contribution in [0.3, 0.4) is 0 Å². The van der Waals surface area contributed by atoms with Crippen LogP contribution in [0.1, 0.15) is 26.0 Å². The number of aromatic nitrogens is 1. The number of piperidine rings is 1. The minimum absolute atomic E-state index is 0.181. The number of nitrogens with two attached hydrogens (primary N) is 1. The number of nitrogens with zero attached hydrogens (tertiary/aromatic N) is 2. The Balaban J connectivity index is 2.06. The van der Waals surface area contributed by atoms with E-state index in [1.54, 1.807) is 0 Å². The van der Waals surface area contributed by atoms with Crippen LogP contribution in [0.4, 0.5) is 0 Å². The molecule has 1 aromatic heterocycles. The Morgan fingerprint density at radius 1 is 1.50 bits per heavy atom. The molecule has 1 fully saturated rings. The second kappa shape index (κ2) is 5.57. The number of likely N-dealkylation sites (tertiary alicyclic amines) is 1. The van der Waals surface area contributed by atoms with E-state index in [1.165, 1.54) is 0 Å². The molecule has 1 saturated heterocycles. The average molecular weight is 377 g/mol. The zero-order valence-corrected chi connectivity index (χ0v) is 14.0. The highest BCUT2D eigenvalue weighted by atomic mass is 79.9. The van der Waals surface area contributed by atoms with Crippen LogP contribution in [0.25, 0.3) is 0 Å². The maximum atomic E-state index is 6.16. The van der Waals surface area contributed by atoms with Crippen LogP contribution < -0.4 is 5.73 Å². The lowest BCUT2D eigenvalue weighted by atomic mass is 9.79. The summed E-state index contributed by atoms with van der Waals surface area (Å²) < 4.78 is 2.06. The van der Waals surface area contributed by atoms with Gasteiger partial charge in [0.25, 0.3) is 0 Å². The van der Waals surface area contributed by atoms with Crippen molar-refractivity contribution in [3.63, 3.8) is 0 Å². The number of hydrogen-bond donors (Lipinski definition) is 1. The number of halogens is 2. The van der Waals surface area contributed by atoms with Crippen LogP contribution in [0.15, 0.2) is 21.2 Å². The Labute approximate surface area is 125 Å². The average Bonchev–Trinajstić information content (AvgIpc) is 2.27. The maximum Gasteiger partial charge on any atom is 0.0686 e. The largest absolute Gasteiger partial charge is 0.327 e. The van der Waals surface area contributed by atoms with E-state index in [9.17, 15) is 0 Å². The molecule has 0 saturated carbocycles. The van der Waals surface area contributed by atoms with Crippen LogP contribution >= 0.6 is 31.9 Å². The highest BCUT2D eigenvalue weighted by Crippen LogP contribution is 2.29. The van der Waals surface area contributed by atoms with Crippen LogP contribution in [0.2, 0.25) is 0 Å². The highest BCUT2D eigenvalue weighted by molar-refractivity contribution is 9.11. The van der Waals surface area contributed by atoms with Crippen molar-refractivity contribution in [1.82, 2.24) is 9.88 Å². The fraction of sp³-hybridized carbons (Fsp3) is 0.615. The molecule has 5 heteroatoms. The molecule has 1 aliphatic rings. The summed E-state index contributed by atoms with van der Waals surface area (Å²) in [4.78, 5) is 6.91. The summed E-state index contributed by atoms with van der Waals surface area (Å²) >= 11 is 7.00. The maximum absolute atomic E-state index is 6.16. The van der Waals surface area contributed by atoms with Crippen molar-refractivity contribution in [2.75, 3.05) is 13.1 Å². The fourth-order valence-corrected chi connectivity index (χ4v) is 3.50. The van der Waals surface area contributed by atoms with Gasteiger partial charge in [0, 0.05) is 40.8 Å². The molecule has 0 aromatic carbocycles. The topological polar surface area (TPSA) is 42.2 Å². The number of hydrogen-bond acceptors (Lipinski definition) is 3. The van der Waals surface area contributed by atoms with E-state index in [0.717, 1.165) is 40.7 Å². The minimum Gasteiger partial charge on any atom is -0.327 e. The van der Waals surface area contributed by atoms with E-state index in [0.29, 0.717) is 6.04 Å². The lowest BCUT2D eigenvalue weighted by Crippen LogP contribution is -2.52. The van der Waals surface area contributed by atoms with Crippen molar-refractivity contribution in [3.8, 4) is 0 Å². The Morgan fingerprint density at radius 3 is 2.83 bits per heavy atom. The Morgan fingerprint density at radius 2 is 2.22 bits per heavy atom. The van der Waals surface area contributed by atoms with Gasteiger partial charge in [-0.2, -0.15) is 0 Å². The van der Waals surface area contributed by atoms with Gasteiger partial charge in [0.15, 0.2) is 0 Å². The first-order valence-corrected chi connectivity index (χ1v) is 7.75. The molecule has 0 radical (unpaired) electrons. The van der Waals surface area contributed by atoms with Gasteiger partial charge in [0.05, 0.1) is 5.69 Å². The molecule has 1 unspecified atom stereocenters. The van der Waals surface area contributed by atoms with Gasteiger partial charge in [-0.1, -0.05) is 13.8 Å². The molecular weight excluding hydrogens is 358 g/mol. The van der Waals surface area contributed by atoms with Gasteiger partial charge in [0.1, 0.15) is 0 Å². The van der Waals surface area contributed by atoms with Gasteiger partial charge in [-0.3, -0.25) is 9.88 Å². The summed E-state index contributed by atoms with van der Waals surface area (Å²) in [7, 11) is 0. The third kappa shape index (κ3) is 3.32. The third-order valence-corrected chi connectivity index (χ3v) is 4.77. The molecule has 18 heavy (non-hydrogen) atoms. The first-order valence-electron chi connectivity index (χ1n) is 6.16. The lowest BCUT2D eigenvalue weighted by Gasteiger charge is -2.42. The van der Waals surface area contributed by atoms with E-state index >= 15 is 0 Å². The van der Waals surface area contributed by atoms with Gasteiger partial charge in [0.2, 0.25) is 0 Å². The second-order valence-corrected chi connectivity index (χ2v) is 7.45. The summed E-state index contributed by atoms with van der Waals surface area (Å²) in [5.74, 6) is 0. The van der Waals surface area contributed by atoms with Gasteiger partial charge in [-0.05, 0) is 49.8 Å². The van der Waals surface area contributed by atoms with Crippen molar-refractivity contribution < 1.29 is 0 Å². The van der Waals surface area contributed by atoms with Gasteiger partial charge in [-0.15, -0.1) is 0 Å². The summed E-state index contributed by atoms with van der Waals surface area (Å²) in [6, 6.07) is 2.35. The summed E-state index contributed by atoms with van der Waals surface area (Å²) in [5, 5.41) is 0. The van der Waals surface area contributed by atoms with Gasteiger partial charge >= 0.3 is 0 Å². The van der Waals surface area contributed by atoms with Crippen molar-refractivity contribution >= 4 is 31.9 Å². The molecule has 0 spiro atoms. The molecule has 2 rings (SSSR count). The molecule has 0 aliphatic carbocycles. The van der Waals surface area contributed by atoms with E-state index < -0.39 is 0 Å². The molecular formula is C13H19Br2N3. The normalized spacial score (nSPS) is 24.2. The molecule has 1 aliphatic heterocycles. The molecule has 0 bridgehead atoms. The van der Waals surface area contributed by atoms with Gasteiger partial charge < -0.3 is 5.73 Å². The lowest BCUT2D eigenvalue weighted by molar-refractivity contribution is 0.0887. The predicted octanol–water partition coefficient (Wildman–Crippen LogP) is 3.17. The Bertz CT molecular complexity index is 434. The minimum atomic E-state index is 0.181. The molecule has 2 heterocycles. The molecule has 100 valence electrons.